The van der Waals surface area contributed by atoms with Gasteiger partial charge in [-0.3, -0.25) is 20.4 Å². The van der Waals surface area contributed by atoms with Crippen LogP contribution in [0.15, 0.2) is 35.9 Å². The lowest BCUT2D eigenvalue weighted by Crippen LogP contribution is -2.43. The normalized spacial score (nSPS) is 24.3. The molecule has 1 aromatic carbocycles. The fraction of sp³-hybridized carbons (Fsp3) is 0.333. The molecule has 4 nitrogen and oxygen atoms in total. The third kappa shape index (κ3) is 1.83. The second kappa shape index (κ2) is 4.63. The number of allylic oxidation sites excluding steroid dienone is 2. The summed E-state index contributed by atoms with van der Waals surface area (Å²) in [4.78, 5) is 24.5. The van der Waals surface area contributed by atoms with E-state index in [2.05, 4.69) is 10.9 Å². The maximum atomic E-state index is 12.3. The molecule has 104 valence electrons. The van der Waals surface area contributed by atoms with E-state index in [-0.39, 0.29) is 17.7 Å². The van der Waals surface area contributed by atoms with Gasteiger partial charge in [-0.1, -0.05) is 35.4 Å². The SMILES string of the molecule is CC1=CCC2(C(=O)NNC2=O)C(c2ccc(Cl)cc2)C1. The number of amides is 2. The van der Waals surface area contributed by atoms with E-state index in [1.165, 1.54) is 5.57 Å². The zero-order valence-corrected chi connectivity index (χ0v) is 11.8. The van der Waals surface area contributed by atoms with Crippen LogP contribution in [0, 0.1) is 5.41 Å². The summed E-state index contributed by atoms with van der Waals surface area (Å²) < 4.78 is 0. The highest BCUT2D eigenvalue weighted by atomic mass is 35.5. The summed E-state index contributed by atoms with van der Waals surface area (Å²) in [6, 6.07) is 7.38. The van der Waals surface area contributed by atoms with Crippen LogP contribution in [0.3, 0.4) is 0 Å². The molecule has 2 N–H and O–H groups in total. The number of rotatable bonds is 1. The zero-order valence-electron chi connectivity index (χ0n) is 11.1. The van der Waals surface area contributed by atoms with Crippen molar-refractivity contribution in [3.8, 4) is 0 Å². The predicted octanol–water partition coefficient (Wildman–Crippen LogP) is 2.31. The fourth-order valence-electron chi connectivity index (χ4n) is 3.10. The first kappa shape index (κ1) is 13.2. The van der Waals surface area contributed by atoms with E-state index in [0.29, 0.717) is 17.9 Å². The van der Waals surface area contributed by atoms with Gasteiger partial charge in [0.15, 0.2) is 0 Å². The molecule has 1 aliphatic carbocycles. The number of nitrogens with one attached hydrogen (secondary N) is 2. The molecule has 1 fully saturated rings. The Morgan fingerprint density at radius 1 is 1.15 bits per heavy atom. The van der Waals surface area contributed by atoms with Crippen LogP contribution in [0.2, 0.25) is 5.02 Å². The summed E-state index contributed by atoms with van der Waals surface area (Å²) in [7, 11) is 0. The van der Waals surface area contributed by atoms with E-state index < -0.39 is 5.41 Å². The van der Waals surface area contributed by atoms with Gasteiger partial charge in [-0.2, -0.15) is 0 Å². The van der Waals surface area contributed by atoms with Crippen molar-refractivity contribution in [3.05, 3.63) is 46.5 Å². The molecule has 0 saturated carbocycles. The molecule has 1 spiro atoms. The highest BCUT2D eigenvalue weighted by molar-refractivity contribution is 6.30. The minimum absolute atomic E-state index is 0.160. The molecule has 2 amide bonds. The second-order valence-electron chi connectivity index (χ2n) is 5.44. The van der Waals surface area contributed by atoms with Crippen molar-refractivity contribution in [1.82, 2.24) is 10.9 Å². The molecule has 0 aromatic heterocycles. The summed E-state index contributed by atoms with van der Waals surface area (Å²) in [5.41, 5.74) is 6.05. The van der Waals surface area contributed by atoms with Crippen LogP contribution in [0.5, 0.6) is 0 Å². The lowest BCUT2D eigenvalue weighted by molar-refractivity contribution is -0.137. The Labute approximate surface area is 122 Å². The molecule has 0 bridgehead atoms. The monoisotopic (exact) mass is 290 g/mol. The quantitative estimate of drug-likeness (QED) is 0.616. The second-order valence-corrected chi connectivity index (χ2v) is 5.88. The average Bonchev–Trinajstić information content (AvgIpc) is 2.71. The topological polar surface area (TPSA) is 58.2 Å². The van der Waals surface area contributed by atoms with Crippen LogP contribution in [0.25, 0.3) is 0 Å². The number of carbonyl (C=O) groups is 2. The van der Waals surface area contributed by atoms with Crippen molar-refractivity contribution in [3.63, 3.8) is 0 Å². The Balaban J connectivity index is 2.10. The minimum atomic E-state index is -1.03. The van der Waals surface area contributed by atoms with E-state index in [1.54, 1.807) is 12.1 Å². The van der Waals surface area contributed by atoms with Crippen molar-refractivity contribution in [2.45, 2.75) is 25.7 Å². The van der Waals surface area contributed by atoms with Gasteiger partial charge in [0, 0.05) is 10.9 Å². The Morgan fingerprint density at radius 3 is 2.35 bits per heavy atom. The largest absolute Gasteiger partial charge is 0.272 e. The molecule has 3 rings (SSSR count). The van der Waals surface area contributed by atoms with E-state index >= 15 is 0 Å². The molecule has 20 heavy (non-hydrogen) atoms. The van der Waals surface area contributed by atoms with Gasteiger partial charge >= 0.3 is 0 Å². The van der Waals surface area contributed by atoms with Gasteiger partial charge in [-0.05, 0) is 37.5 Å². The number of benzene rings is 1. The smallest absolute Gasteiger partial charge is 0.255 e. The van der Waals surface area contributed by atoms with Gasteiger partial charge in [-0.25, -0.2) is 0 Å². The van der Waals surface area contributed by atoms with Crippen molar-refractivity contribution in [1.29, 1.82) is 0 Å². The van der Waals surface area contributed by atoms with Gasteiger partial charge < -0.3 is 0 Å². The molecule has 1 aromatic rings. The van der Waals surface area contributed by atoms with E-state index in [4.69, 9.17) is 11.6 Å². The van der Waals surface area contributed by atoms with E-state index in [9.17, 15) is 9.59 Å². The molecule has 1 atom stereocenters. The number of halogens is 1. The van der Waals surface area contributed by atoms with Gasteiger partial charge in [0.25, 0.3) is 11.8 Å². The standard InChI is InChI=1S/C15H15ClN2O2/c1-9-6-7-15(13(19)17-18-14(15)20)12(8-9)10-2-4-11(16)5-3-10/h2-6,12H,7-8H2,1H3,(H,17,19)(H,18,20). The molecular formula is C15H15ClN2O2. The summed E-state index contributed by atoms with van der Waals surface area (Å²) in [5, 5.41) is 0.645. The Morgan fingerprint density at radius 2 is 1.75 bits per heavy atom. The summed E-state index contributed by atoms with van der Waals surface area (Å²) in [5.74, 6) is -0.648. The summed E-state index contributed by atoms with van der Waals surface area (Å²) in [6.45, 7) is 2.03. The highest BCUT2D eigenvalue weighted by Gasteiger charge is 2.56. The minimum Gasteiger partial charge on any atom is -0.272 e. The summed E-state index contributed by atoms with van der Waals surface area (Å²) >= 11 is 5.92. The number of hydrogen-bond acceptors (Lipinski definition) is 2. The van der Waals surface area contributed by atoms with Crippen molar-refractivity contribution in [2.75, 3.05) is 0 Å². The third-order valence-corrected chi connectivity index (χ3v) is 4.52. The maximum Gasteiger partial charge on any atom is 0.255 e. The molecule has 5 heteroatoms. The first-order valence-electron chi connectivity index (χ1n) is 6.56. The maximum absolute atomic E-state index is 12.3. The molecule has 0 radical (unpaired) electrons. The first-order valence-corrected chi connectivity index (χ1v) is 6.94. The van der Waals surface area contributed by atoms with Crippen molar-refractivity contribution >= 4 is 23.4 Å². The number of carbonyl (C=O) groups excluding carboxylic acids is 2. The van der Waals surface area contributed by atoms with Crippen LogP contribution in [-0.2, 0) is 9.59 Å². The molecule has 1 saturated heterocycles. The van der Waals surface area contributed by atoms with Crippen LogP contribution < -0.4 is 10.9 Å². The van der Waals surface area contributed by atoms with Gasteiger partial charge in [-0.15, -0.1) is 0 Å². The van der Waals surface area contributed by atoms with Gasteiger partial charge in [0.1, 0.15) is 5.41 Å². The molecule has 2 aliphatic rings. The lowest BCUT2D eigenvalue weighted by Gasteiger charge is -2.35. The van der Waals surface area contributed by atoms with Crippen molar-refractivity contribution in [2.24, 2.45) is 5.41 Å². The van der Waals surface area contributed by atoms with E-state index in [0.717, 1.165) is 5.56 Å². The Hall–Kier alpha value is -1.81. The number of hydrazine groups is 1. The van der Waals surface area contributed by atoms with Gasteiger partial charge in [0.05, 0.1) is 0 Å². The predicted molar refractivity (Wildman–Crippen MR) is 75.9 cm³/mol. The molecular weight excluding hydrogens is 276 g/mol. The highest BCUT2D eigenvalue weighted by Crippen LogP contribution is 2.48. The van der Waals surface area contributed by atoms with Crippen LogP contribution in [0.1, 0.15) is 31.2 Å². The Kier molecular flexibility index (Phi) is 3.05. The van der Waals surface area contributed by atoms with Gasteiger partial charge in [0.2, 0.25) is 0 Å². The van der Waals surface area contributed by atoms with Crippen LogP contribution in [-0.4, -0.2) is 11.8 Å². The third-order valence-electron chi connectivity index (χ3n) is 4.27. The molecule has 1 aliphatic heterocycles. The lowest BCUT2D eigenvalue weighted by atomic mass is 9.64. The zero-order chi connectivity index (χ0) is 14.3. The molecule has 1 unspecified atom stereocenters. The fourth-order valence-corrected chi connectivity index (χ4v) is 3.22. The molecule has 1 heterocycles. The Bertz CT molecular complexity index is 591. The van der Waals surface area contributed by atoms with Crippen LogP contribution >= 0.6 is 11.6 Å². The first-order chi connectivity index (χ1) is 9.54. The average molecular weight is 291 g/mol. The van der Waals surface area contributed by atoms with Crippen LogP contribution in [0.4, 0.5) is 0 Å². The summed E-state index contributed by atoms with van der Waals surface area (Å²) in [6.07, 6.45) is 3.11. The van der Waals surface area contributed by atoms with Crippen molar-refractivity contribution < 1.29 is 9.59 Å². The van der Waals surface area contributed by atoms with E-state index in [1.807, 2.05) is 25.1 Å². The number of hydrogen-bond donors (Lipinski definition) is 2.